The van der Waals surface area contributed by atoms with Crippen LogP contribution in [0.3, 0.4) is 0 Å². The van der Waals surface area contributed by atoms with Crippen molar-refractivity contribution in [3.63, 3.8) is 0 Å². The van der Waals surface area contributed by atoms with Gasteiger partial charge in [-0.15, -0.1) is 0 Å². The lowest BCUT2D eigenvalue weighted by Crippen LogP contribution is -2.51. The molecule has 3 aliphatic rings. The highest BCUT2D eigenvalue weighted by molar-refractivity contribution is 6.30. The third kappa shape index (κ3) is 5.59. The molecule has 1 aromatic heterocycles. The van der Waals surface area contributed by atoms with Crippen molar-refractivity contribution < 1.29 is 9.53 Å². The molecule has 0 bridgehead atoms. The highest BCUT2D eigenvalue weighted by Crippen LogP contribution is 2.40. The summed E-state index contributed by atoms with van der Waals surface area (Å²) in [6.45, 7) is 13.4. The van der Waals surface area contributed by atoms with E-state index in [1.807, 2.05) is 44.0 Å². The van der Waals surface area contributed by atoms with Gasteiger partial charge in [0.2, 0.25) is 0 Å². The maximum atomic E-state index is 12.7. The van der Waals surface area contributed by atoms with E-state index in [4.69, 9.17) is 21.3 Å². The first-order chi connectivity index (χ1) is 17.3. The Morgan fingerprint density at radius 3 is 2.58 bits per heavy atom. The number of nitrogens with one attached hydrogen (secondary N) is 1. The molecule has 2 fully saturated rings. The molecular weight excluding hydrogens is 474 g/mol. The topological polar surface area (TPSA) is 60.9 Å². The first-order valence-corrected chi connectivity index (χ1v) is 13.3. The Labute approximate surface area is 219 Å². The molecule has 1 N–H and O–H groups in total. The van der Waals surface area contributed by atoms with Crippen LogP contribution in [0.4, 0.5) is 4.79 Å². The number of benzene rings is 1. The maximum Gasteiger partial charge on any atom is 0.410 e. The summed E-state index contributed by atoms with van der Waals surface area (Å²) in [4.78, 5) is 24.3. The van der Waals surface area contributed by atoms with Crippen molar-refractivity contribution in [2.45, 2.75) is 32.4 Å². The summed E-state index contributed by atoms with van der Waals surface area (Å²) in [6.07, 6.45) is 3.94. The van der Waals surface area contributed by atoms with Crippen molar-refractivity contribution in [2.75, 3.05) is 58.9 Å². The number of hydrogen-bond acceptors (Lipinski definition) is 6. The average molecular weight is 510 g/mol. The lowest BCUT2D eigenvalue weighted by Gasteiger charge is -2.40. The molecule has 1 atom stereocenters. The van der Waals surface area contributed by atoms with Crippen molar-refractivity contribution in [1.82, 2.24) is 25.0 Å². The number of nitrogens with zero attached hydrogens (tertiary/aromatic N) is 4. The van der Waals surface area contributed by atoms with Gasteiger partial charge in [-0.05, 0) is 67.3 Å². The van der Waals surface area contributed by atoms with Crippen molar-refractivity contribution >= 4 is 29.3 Å². The van der Waals surface area contributed by atoms with Crippen LogP contribution >= 0.6 is 11.6 Å². The van der Waals surface area contributed by atoms with Gasteiger partial charge in [-0.25, -0.2) is 4.79 Å². The number of ether oxygens (including phenoxy) is 1. The van der Waals surface area contributed by atoms with Crippen LogP contribution in [-0.2, 0) is 4.74 Å². The number of piperazine rings is 2. The van der Waals surface area contributed by atoms with Crippen molar-refractivity contribution in [2.24, 2.45) is 0 Å². The zero-order valence-electron chi connectivity index (χ0n) is 21.5. The number of aromatic nitrogens is 1. The van der Waals surface area contributed by atoms with Gasteiger partial charge in [0, 0.05) is 70.1 Å². The van der Waals surface area contributed by atoms with Gasteiger partial charge in [0.15, 0.2) is 0 Å². The number of fused-ring (bicyclic) bond motifs is 2. The molecule has 7 nitrogen and oxygen atoms in total. The van der Waals surface area contributed by atoms with Crippen LogP contribution in [0.1, 0.15) is 49.2 Å². The van der Waals surface area contributed by atoms with E-state index in [1.54, 1.807) is 0 Å². The summed E-state index contributed by atoms with van der Waals surface area (Å²) in [5, 5.41) is 4.19. The summed E-state index contributed by atoms with van der Waals surface area (Å²) in [7, 11) is 0. The maximum absolute atomic E-state index is 12.7. The molecular formula is C28H36ClN5O2. The zero-order valence-corrected chi connectivity index (χ0v) is 22.2. The number of rotatable bonds is 3. The smallest absolute Gasteiger partial charge is 0.410 e. The van der Waals surface area contributed by atoms with Crippen LogP contribution in [0, 0.1) is 0 Å². The molecule has 1 aromatic carbocycles. The van der Waals surface area contributed by atoms with Crippen LogP contribution in [0.5, 0.6) is 0 Å². The molecule has 192 valence electrons. The van der Waals surface area contributed by atoms with Crippen LogP contribution < -0.4 is 5.32 Å². The second-order valence-corrected chi connectivity index (χ2v) is 11.2. The number of carbonyl (C=O) groups excluding carboxylic acids is 1. The summed E-state index contributed by atoms with van der Waals surface area (Å²) in [5.74, 6) is 0. The van der Waals surface area contributed by atoms with Gasteiger partial charge >= 0.3 is 6.09 Å². The second kappa shape index (κ2) is 10.5. The van der Waals surface area contributed by atoms with Gasteiger partial charge in [0.25, 0.3) is 0 Å². The SMILES string of the molecule is CC(C)(C)OC(=O)N1CCN(C2c3ccc(Cl)cc3C(CN3CCNCC3)=Cc3cccnc32)CC1. The van der Waals surface area contributed by atoms with Crippen molar-refractivity contribution in [3.05, 3.63) is 63.9 Å². The fourth-order valence-corrected chi connectivity index (χ4v) is 5.51. The van der Waals surface area contributed by atoms with E-state index in [2.05, 4.69) is 39.4 Å². The van der Waals surface area contributed by atoms with E-state index < -0.39 is 5.60 Å². The van der Waals surface area contributed by atoms with Gasteiger partial charge in [0.05, 0.1) is 11.7 Å². The summed E-state index contributed by atoms with van der Waals surface area (Å²) in [5.41, 5.74) is 5.40. The molecule has 1 unspecified atom stereocenters. The molecule has 5 rings (SSSR count). The van der Waals surface area contributed by atoms with E-state index in [0.29, 0.717) is 13.1 Å². The Balaban J connectivity index is 1.46. The number of halogens is 1. The lowest BCUT2D eigenvalue weighted by molar-refractivity contribution is 0.0118. The normalized spacial score (nSPS) is 21.3. The van der Waals surface area contributed by atoms with E-state index in [-0.39, 0.29) is 12.1 Å². The molecule has 3 heterocycles. The highest BCUT2D eigenvalue weighted by Gasteiger charge is 2.34. The molecule has 36 heavy (non-hydrogen) atoms. The molecule has 2 saturated heterocycles. The van der Waals surface area contributed by atoms with Crippen LogP contribution in [0.25, 0.3) is 11.6 Å². The van der Waals surface area contributed by atoms with E-state index in [0.717, 1.165) is 62.1 Å². The third-order valence-electron chi connectivity index (χ3n) is 7.05. The number of amides is 1. The minimum absolute atomic E-state index is 0.00831. The lowest BCUT2D eigenvalue weighted by atomic mass is 9.93. The van der Waals surface area contributed by atoms with Gasteiger partial charge in [-0.3, -0.25) is 14.8 Å². The quantitative estimate of drug-likeness (QED) is 0.671. The first-order valence-electron chi connectivity index (χ1n) is 12.9. The van der Waals surface area contributed by atoms with E-state index >= 15 is 0 Å². The van der Waals surface area contributed by atoms with Gasteiger partial charge in [-0.2, -0.15) is 0 Å². The number of pyridine rings is 1. The van der Waals surface area contributed by atoms with Crippen molar-refractivity contribution in [3.8, 4) is 0 Å². The molecule has 0 radical (unpaired) electrons. The van der Waals surface area contributed by atoms with Gasteiger partial charge in [0.1, 0.15) is 5.60 Å². The van der Waals surface area contributed by atoms with E-state index in [9.17, 15) is 4.79 Å². The average Bonchev–Trinajstić information content (AvgIpc) is 2.98. The summed E-state index contributed by atoms with van der Waals surface area (Å²) < 4.78 is 5.61. The molecule has 1 amide bonds. The minimum atomic E-state index is -0.497. The molecule has 0 saturated carbocycles. The number of carbonyl (C=O) groups is 1. The zero-order chi connectivity index (χ0) is 25.3. The molecule has 1 aliphatic carbocycles. The Morgan fingerprint density at radius 2 is 1.86 bits per heavy atom. The van der Waals surface area contributed by atoms with E-state index in [1.165, 1.54) is 16.7 Å². The molecule has 0 spiro atoms. The Morgan fingerprint density at radius 1 is 1.11 bits per heavy atom. The standard InChI is InChI=1S/C28H36ClN5O2/c1-28(2,3)36-27(35)34-15-13-33(14-16-34)26-23-7-6-22(29)18-24(23)21(19-32-11-9-30-10-12-32)17-20-5-4-8-31-25(20)26/h4-8,17-18,26,30H,9-16,19H2,1-3H3. The van der Waals surface area contributed by atoms with Crippen molar-refractivity contribution in [1.29, 1.82) is 0 Å². The first kappa shape index (κ1) is 25.2. The van der Waals surface area contributed by atoms with Crippen LogP contribution in [0.2, 0.25) is 5.02 Å². The predicted molar refractivity (Wildman–Crippen MR) is 144 cm³/mol. The van der Waals surface area contributed by atoms with Gasteiger partial charge < -0.3 is 15.0 Å². The largest absolute Gasteiger partial charge is 0.444 e. The molecule has 2 aliphatic heterocycles. The van der Waals surface area contributed by atoms with Crippen LogP contribution in [-0.4, -0.2) is 90.3 Å². The predicted octanol–water partition coefficient (Wildman–Crippen LogP) is 4.14. The second-order valence-electron chi connectivity index (χ2n) is 10.8. The summed E-state index contributed by atoms with van der Waals surface area (Å²) >= 11 is 6.55. The Bertz CT molecular complexity index is 1130. The molecule has 8 heteroatoms. The third-order valence-corrected chi connectivity index (χ3v) is 7.29. The fraction of sp³-hybridized carbons (Fsp3) is 0.500. The van der Waals surface area contributed by atoms with Gasteiger partial charge in [-0.1, -0.05) is 23.7 Å². The Hall–Kier alpha value is -2.45. The summed E-state index contributed by atoms with van der Waals surface area (Å²) in [6, 6.07) is 10.4. The fourth-order valence-electron chi connectivity index (χ4n) is 5.34. The van der Waals surface area contributed by atoms with Crippen LogP contribution in [0.15, 0.2) is 36.5 Å². The number of hydrogen-bond donors (Lipinski definition) is 1. The Kier molecular flexibility index (Phi) is 7.35. The monoisotopic (exact) mass is 509 g/mol. The highest BCUT2D eigenvalue weighted by atomic mass is 35.5. The minimum Gasteiger partial charge on any atom is -0.444 e. The molecule has 2 aromatic rings.